The van der Waals surface area contributed by atoms with E-state index in [4.69, 9.17) is 5.53 Å². The molecule has 1 aromatic carbocycles. The molecule has 0 fully saturated rings. The Bertz CT molecular complexity index is 334. The molecule has 0 heterocycles. The molecule has 0 radical (unpaired) electrons. The zero-order valence-electron chi connectivity index (χ0n) is 5.63. The van der Waals surface area contributed by atoms with Crippen LogP contribution in [0.15, 0.2) is 17.2 Å². The third-order valence-corrected chi connectivity index (χ3v) is 1.13. The summed E-state index contributed by atoms with van der Waals surface area (Å²) in [5.41, 5.74) is 7.05. The van der Waals surface area contributed by atoms with Crippen molar-refractivity contribution in [3.63, 3.8) is 0 Å². The van der Waals surface area contributed by atoms with Crippen LogP contribution in [0.3, 0.4) is 0 Å². The molecular formula is C6H2F3N3. The first-order valence-electron chi connectivity index (χ1n) is 2.85. The smallest absolute Gasteiger partial charge is 0.138 e. The lowest BCUT2D eigenvalue weighted by Gasteiger charge is -1.96. The van der Waals surface area contributed by atoms with Crippen molar-refractivity contribution >= 4 is 5.69 Å². The quantitative estimate of drug-likeness (QED) is 0.356. The van der Waals surface area contributed by atoms with Gasteiger partial charge in [-0.2, -0.15) is 0 Å². The monoisotopic (exact) mass is 173 g/mol. The zero-order chi connectivity index (χ0) is 9.14. The number of rotatable bonds is 1. The van der Waals surface area contributed by atoms with Crippen molar-refractivity contribution in [2.24, 2.45) is 5.11 Å². The van der Waals surface area contributed by atoms with Crippen LogP contribution in [0.5, 0.6) is 0 Å². The van der Waals surface area contributed by atoms with E-state index in [0.29, 0.717) is 12.1 Å². The largest absolute Gasteiger partial charge is 0.207 e. The van der Waals surface area contributed by atoms with E-state index < -0.39 is 23.1 Å². The van der Waals surface area contributed by atoms with Gasteiger partial charge >= 0.3 is 0 Å². The number of halogens is 3. The van der Waals surface area contributed by atoms with Gasteiger partial charge in [0.15, 0.2) is 0 Å². The molecule has 0 saturated carbocycles. The number of hydrogen-bond donors (Lipinski definition) is 0. The van der Waals surface area contributed by atoms with Gasteiger partial charge in [-0.3, -0.25) is 0 Å². The molecule has 1 rings (SSSR count). The summed E-state index contributed by atoms with van der Waals surface area (Å²) >= 11 is 0. The first-order valence-corrected chi connectivity index (χ1v) is 2.85. The maximum atomic E-state index is 12.6. The summed E-state index contributed by atoms with van der Waals surface area (Å²) in [6.07, 6.45) is 0. The maximum absolute atomic E-state index is 12.6. The minimum Gasteiger partial charge on any atom is -0.207 e. The van der Waals surface area contributed by atoms with E-state index >= 15 is 0 Å². The Hall–Kier alpha value is -1.68. The van der Waals surface area contributed by atoms with Crippen LogP contribution >= 0.6 is 0 Å². The minimum absolute atomic E-state index is 0.438. The first-order chi connectivity index (χ1) is 5.65. The van der Waals surface area contributed by atoms with Crippen molar-refractivity contribution < 1.29 is 13.2 Å². The van der Waals surface area contributed by atoms with Crippen LogP contribution in [0.4, 0.5) is 18.9 Å². The summed E-state index contributed by atoms with van der Waals surface area (Å²) in [6.45, 7) is 0. The fourth-order valence-corrected chi connectivity index (χ4v) is 0.675. The van der Waals surface area contributed by atoms with E-state index in [1.54, 1.807) is 0 Å². The summed E-state index contributed by atoms with van der Waals surface area (Å²) in [7, 11) is 0. The van der Waals surface area contributed by atoms with Crippen molar-refractivity contribution in [2.75, 3.05) is 0 Å². The van der Waals surface area contributed by atoms with Crippen LogP contribution < -0.4 is 0 Å². The molecule has 0 aliphatic rings. The van der Waals surface area contributed by atoms with Crippen LogP contribution in [-0.4, -0.2) is 0 Å². The summed E-state index contributed by atoms with van der Waals surface area (Å²) in [5, 5.41) is 2.71. The number of azide groups is 1. The van der Waals surface area contributed by atoms with E-state index in [1.165, 1.54) is 0 Å². The van der Waals surface area contributed by atoms with Crippen LogP contribution in [0.1, 0.15) is 0 Å². The van der Waals surface area contributed by atoms with Gasteiger partial charge in [-0.15, -0.1) is 0 Å². The molecule has 1 aromatic rings. The molecule has 62 valence electrons. The molecule has 0 N–H and O–H groups in total. The van der Waals surface area contributed by atoms with E-state index in [2.05, 4.69) is 10.0 Å². The highest BCUT2D eigenvalue weighted by atomic mass is 19.1. The number of nitrogens with zero attached hydrogens (tertiary/aromatic N) is 3. The van der Waals surface area contributed by atoms with Gasteiger partial charge in [-0.1, -0.05) is 5.11 Å². The average molecular weight is 173 g/mol. The van der Waals surface area contributed by atoms with Gasteiger partial charge in [0.2, 0.25) is 0 Å². The standard InChI is InChI=1S/C6H2F3N3/c7-3-1-4(8)6(11-12-10)5(9)2-3/h1-2H. The van der Waals surface area contributed by atoms with Gasteiger partial charge in [0.25, 0.3) is 0 Å². The highest BCUT2D eigenvalue weighted by Gasteiger charge is 2.08. The van der Waals surface area contributed by atoms with E-state index in [-0.39, 0.29) is 0 Å². The van der Waals surface area contributed by atoms with Crippen molar-refractivity contribution in [1.82, 2.24) is 0 Å². The first kappa shape index (κ1) is 8.42. The topological polar surface area (TPSA) is 48.8 Å². The Labute approximate surface area is 65.1 Å². The molecule has 0 aliphatic heterocycles. The number of benzene rings is 1. The number of hydrogen-bond acceptors (Lipinski definition) is 1. The lowest BCUT2D eigenvalue weighted by Crippen LogP contribution is -1.84. The van der Waals surface area contributed by atoms with Crippen LogP contribution in [0.2, 0.25) is 0 Å². The molecule has 12 heavy (non-hydrogen) atoms. The molecule has 0 bridgehead atoms. The Morgan fingerprint density at radius 3 is 2.08 bits per heavy atom. The second-order valence-corrected chi connectivity index (χ2v) is 1.91. The van der Waals surface area contributed by atoms with Crippen LogP contribution in [0.25, 0.3) is 10.4 Å². The molecule has 0 amide bonds. The molecule has 0 unspecified atom stereocenters. The molecule has 0 aromatic heterocycles. The van der Waals surface area contributed by atoms with Gasteiger partial charge < -0.3 is 0 Å². The molecule has 0 aliphatic carbocycles. The third kappa shape index (κ3) is 1.49. The lowest BCUT2D eigenvalue weighted by molar-refractivity contribution is 0.546. The maximum Gasteiger partial charge on any atom is 0.138 e. The minimum atomic E-state index is -1.22. The Morgan fingerprint density at radius 1 is 1.17 bits per heavy atom. The van der Waals surface area contributed by atoms with Crippen LogP contribution in [0, 0.1) is 17.5 Å². The molecule has 0 spiro atoms. The SMILES string of the molecule is [N-]=[N+]=Nc1c(F)cc(F)cc1F. The molecule has 0 saturated heterocycles. The molecule has 0 atom stereocenters. The van der Waals surface area contributed by atoms with Crippen LogP contribution in [-0.2, 0) is 0 Å². The van der Waals surface area contributed by atoms with E-state index in [1.807, 2.05) is 0 Å². The fourth-order valence-electron chi connectivity index (χ4n) is 0.675. The van der Waals surface area contributed by atoms with Gasteiger partial charge in [-0.05, 0) is 5.53 Å². The Balaban J connectivity index is 3.37. The van der Waals surface area contributed by atoms with Gasteiger partial charge in [-0.25, -0.2) is 13.2 Å². The van der Waals surface area contributed by atoms with E-state index in [0.717, 1.165) is 0 Å². The van der Waals surface area contributed by atoms with Gasteiger partial charge in [0.05, 0.1) is 0 Å². The summed E-state index contributed by atoms with van der Waals surface area (Å²) in [6, 6.07) is 0.875. The van der Waals surface area contributed by atoms with Crippen molar-refractivity contribution in [2.45, 2.75) is 0 Å². The molecular weight excluding hydrogens is 171 g/mol. The lowest BCUT2D eigenvalue weighted by atomic mass is 10.3. The average Bonchev–Trinajstić information content (AvgIpc) is 1.96. The highest BCUT2D eigenvalue weighted by molar-refractivity contribution is 5.40. The summed E-state index contributed by atoms with van der Waals surface area (Å²) in [4.78, 5) is 2.18. The van der Waals surface area contributed by atoms with Crippen molar-refractivity contribution in [1.29, 1.82) is 0 Å². The molecule has 3 nitrogen and oxygen atoms in total. The summed E-state index contributed by atoms with van der Waals surface area (Å²) < 4.78 is 37.3. The predicted octanol–water partition coefficient (Wildman–Crippen LogP) is 3.05. The third-order valence-electron chi connectivity index (χ3n) is 1.13. The van der Waals surface area contributed by atoms with Gasteiger partial charge in [0, 0.05) is 17.0 Å². The fraction of sp³-hybridized carbons (Fsp3) is 0. The second kappa shape index (κ2) is 3.15. The Kier molecular flexibility index (Phi) is 2.21. The predicted molar refractivity (Wildman–Crippen MR) is 35.1 cm³/mol. The highest BCUT2D eigenvalue weighted by Crippen LogP contribution is 2.22. The Morgan fingerprint density at radius 2 is 1.67 bits per heavy atom. The second-order valence-electron chi connectivity index (χ2n) is 1.91. The zero-order valence-corrected chi connectivity index (χ0v) is 5.63. The molecule has 6 heteroatoms. The van der Waals surface area contributed by atoms with Gasteiger partial charge in [0.1, 0.15) is 23.1 Å². The van der Waals surface area contributed by atoms with Crippen molar-refractivity contribution in [3.05, 3.63) is 40.0 Å². The summed E-state index contributed by atoms with van der Waals surface area (Å²) in [5.74, 6) is -3.49. The normalized spacial score (nSPS) is 9.25. The van der Waals surface area contributed by atoms with E-state index in [9.17, 15) is 13.2 Å². The van der Waals surface area contributed by atoms with Crippen molar-refractivity contribution in [3.8, 4) is 0 Å².